The molecule has 3 nitrogen and oxygen atoms in total. The summed E-state index contributed by atoms with van der Waals surface area (Å²) >= 11 is 0. The maximum absolute atomic E-state index is 10.3. The molecule has 3 heteroatoms. The average Bonchev–Trinajstić information content (AvgIpc) is 1.89. The molecule has 0 spiro atoms. The lowest BCUT2D eigenvalue weighted by Crippen LogP contribution is -2.05. The van der Waals surface area contributed by atoms with Crippen molar-refractivity contribution in [2.75, 3.05) is 20.7 Å². The van der Waals surface area contributed by atoms with Crippen LogP contribution in [0.15, 0.2) is 12.2 Å². The SMILES string of the molecule is CNC/C=C/C(=O)OC. The summed E-state index contributed by atoms with van der Waals surface area (Å²) in [6.45, 7) is 0.690. The molecule has 9 heavy (non-hydrogen) atoms. The summed E-state index contributed by atoms with van der Waals surface area (Å²) in [6.07, 6.45) is 3.09. The predicted molar refractivity (Wildman–Crippen MR) is 35.1 cm³/mol. The minimum atomic E-state index is -0.315. The summed E-state index contributed by atoms with van der Waals surface area (Å²) in [7, 11) is 3.16. The van der Waals surface area contributed by atoms with Crippen LogP contribution in [0.2, 0.25) is 0 Å². The van der Waals surface area contributed by atoms with E-state index in [4.69, 9.17) is 0 Å². The van der Waals surface area contributed by atoms with Crippen molar-refractivity contribution < 1.29 is 9.53 Å². The van der Waals surface area contributed by atoms with Crippen LogP contribution in [0, 0.1) is 0 Å². The molecular weight excluding hydrogens is 118 g/mol. The van der Waals surface area contributed by atoms with Gasteiger partial charge in [-0.2, -0.15) is 0 Å². The predicted octanol–water partition coefficient (Wildman–Crippen LogP) is -0.0650. The molecular formula is C6H11NO2. The van der Waals surface area contributed by atoms with Gasteiger partial charge >= 0.3 is 5.97 Å². The lowest BCUT2D eigenvalue weighted by Gasteiger charge is -1.88. The van der Waals surface area contributed by atoms with E-state index in [0.717, 1.165) is 0 Å². The molecule has 0 aromatic rings. The molecule has 0 heterocycles. The van der Waals surface area contributed by atoms with Crippen molar-refractivity contribution in [3.63, 3.8) is 0 Å². The van der Waals surface area contributed by atoms with Crippen molar-refractivity contribution >= 4 is 5.97 Å². The first-order chi connectivity index (χ1) is 4.31. The maximum Gasteiger partial charge on any atom is 0.330 e. The topological polar surface area (TPSA) is 38.3 Å². The Labute approximate surface area is 54.7 Å². The standard InChI is InChI=1S/C6H11NO2/c1-7-5-3-4-6(8)9-2/h3-4,7H,5H2,1-2H3/b4-3+. The van der Waals surface area contributed by atoms with E-state index in [9.17, 15) is 4.79 Å². The number of rotatable bonds is 3. The number of hydrogen-bond acceptors (Lipinski definition) is 3. The smallest absolute Gasteiger partial charge is 0.330 e. The number of ether oxygens (including phenoxy) is 1. The largest absolute Gasteiger partial charge is 0.466 e. The normalized spacial score (nSPS) is 10.0. The van der Waals surface area contributed by atoms with Crippen LogP contribution in [-0.2, 0) is 9.53 Å². The van der Waals surface area contributed by atoms with Crippen molar-refractivity contribution in [2.24, 2.45) is 0 Å². The highest BCUT2D eigenvalue weighted by Gasteiger charge is 1.86. The summed E-state index contributed by atoms with van der Waals surface area (Å²) in [6, 6.07) is 0. The fraction of sp³-hybridized carbons (Fsp3) is 0.500. The second-order valence-electron chi connectivity index (χ2n) is 1.48. The molecule has 0 aromatic heterocycles. The zero-order chi connectivity index (χ0) is 7.11. The first-order valence-electron chi connectivity index (χ1n) is 2.70. The molecule has 0 rings (SSSR count). The lowest BCUT2D eigenvalue weighted by molar-refractivity contribution is -0.134. The summed E-state index contributed by atoms with van der Waals surface area (Å²) in [5.74, 6) is -0.315. The molecule has 0 saturated carbocycles. The number of hydrogen-bond donors (Lipinski definition) is 1. The van der Waals surface area contributed by atoms with Crippen LogP contribution in [0.25, 0.3) is 0 Å². The zero-order valence-corrected chi connectivity index (χ0v) is 5.68. The Hall–Kier alpha value is -0.830. The molecule has 0 bridgehead atoms. The van der Waals surface area contributed by atoms with Gasteiger partial charge in [-0.3, -0.25) is 0 Å². The summed E-state index contributed by atoms with van der Waals surface area (Å²) in [4.78, 5) is 10.3. The van der Waals surface area contributed by atoms with Gasteiger partial charge in [-0.25, -0.2) is 4.79 Å². The Balaban J connectivity index is 3.32. The van der Waals surface area contributed by atoms with E-state index in [2.05, 4.69) is 10.1 Å². The third-order valence-corrected chi connectivity index (χ3v) is 0.777. The van der Waals surface area contributed by atoms with Crippen LogP contribution < -0.4 is 5.32 Å². The number of methoxy groups -OCH3 is 1. The monoisotopic (exact) mass is 129 g/mol. The molecule has 0 saturated heterocycles. The molecule has 0 radical (unpaired) electrons. The van der Waals surface area contributed by atoms with Gasteiger partial charge in [-0.05, 0) is 7.05 Å². The fourth-order valence-electron chi connectivity index (χ4n) is 0.341. The summed E-state index contributed by atoms with van der Waals surface area (Å²) < 4.78 is 4.34. The van der Waals surface area contributed by atoms with Gasteiger partial charge in [0.25, 0.3) is 0 Å². The highest BCUT2D eigenvalue weighted by Crippen LogP contribution is 1.74. The van der Waals surface area contributed by atoms with Gasteiger partial charge in [-0.1, -0.05) is 6.08 Å². The Bertz CT molecular complexity index is 110. The first kappa shape index (κ1) is 8.17. The van der Waals surface area contributed by atoms with Crippen LogP contribution in [0.5, 0.6) is 0 Å². The second-order valence-corrected chi connectivity index (χ2v) is 1.48. The van der Waals surface area contributed by atoms with Crippen molar-refractivity contribution in [2.45, 2.75) is 0 Å². The minimum absolute atomic E-state index is 0.315. The number of carbonyl (C=O) groups excluding carboxylic acids is 1. The lowest BCUT2D eigenvalue weighted by atomic mass is 10.5. The van der Waals surface area contributed by atoms with E-state index in [1.807, 2.05) is 7.05 Å². The van der Waals surface area contributed by atoms with Crippen molar-refractivity contribution in [1.82, 2.24) is 5.32 Å². The zero-order valence-electron chi connectivity index (χ0n) is 5.68. The van der Waals surface area contributed by atoms with Crippen LogP contribution in [0.3, 0.4) is 0 Å². The summed E-state index contributed by atoms with van der Waals surface area (Å²) in [5.41, 5.74) is 0. The fourth-order valence-corrected chi connectivity index (χ4v) is 0.341. The van der Waals surface area contributed by atoms with E-state index in [1.54, 1.807) is 6.08 Å². The minimum Gasteiger partial charge on any atom is -0.466 e. The molecule has 0 aliphatic heterocycles. The third-order valence-electron chi connectivity index (χ3n) is 0.777. The highest BCUT2D eigenvalue weighted by atomic mass is 16.5. The Morgan fingerprint density at radius 3 is 2.89 bits per heavy atom. The van der Waals surface area contributed by atoms with Gasteiger partial charge in [0.05, 0.1) is 7.11 Å². The number of likely N-dealkylation sites (N-methyl/N-ethyl adjacent to an activating group) is 1. The van der Waals surface area contributed by atoms with Crippen molar-refractivity contribution in [3.05, 3.63) is 12.2 Å². The van der Waals surface area contributed by atoms with Gasteiger partial charge in [0.1, 0.15) is 0 Å². The molecule has 0 unspecified atom stereocenters. The van der Waals surface area contributed by atoms with Gasteiger partial charge < -0.3 is 10.1 Å². The van der Waals surface area contributed by atoms with E-state index < -0.39 is 0 Å². The van der Waals surface area contributed by atoms with Crippen molar-refractivity contribution in [3.8, 4) is 0 Å². The molecule has 0 atom stereocenters. The number of carbonyl (C=O) groups is 1. The molecule has 1 N–H and O–H groups in total. The van der Waals surface area contributed by atoms with E-state index >= 15 is 0 Å². The highest BCUT2D eigenvalue weighted by molar-refractivity contribution is 5.81. The van der Waals surface area contributed by atoms with Gasteiger partial charge in [-0.15, -0.1) is 0 Å². The van der Waals surface area contributed by atoms with E-state index in [1.165, 1.54) is 13.2 Å². The molecule has 52 valence electrons. The van der Waals surface area contributed by atoms with Gasteiger partial charge in [0.15, 0.2) is 0 Å². The van der Waals surface area contributed by atoms with Crippen LogP contribution in [0.4, 0.5) is 0 Å². The molecule has 0 fully saturated rings. The first-order valence-corrected chi connectivity index (χ1v) is 2.70. The molecule has 0 aliphatic rings. The molecule has 0 aromatic carbocycles. The van der Waals surface area contributed by atoms with E-state index in [-0.39, 0.29) is 5.97 Å². The molecule has 0 amide bonds. The van der Waals surface area contributed by atoms with Crippen LogP contribution in [0.1, 0.15) is 0 Å². The third kappa shape index (κ3) is 5.03. The number of esters is 1. The van der Waals surface area contributed by atoms with Crippen LogP contribution >= 0.6 is 0 Å². The van der Waals surface area contributed by atoms with E-state index in [0.29, 0.717) is 6.54 Å². The summed E-state index contributed by atoms with van der Waals surface area (Å²) in [5, 5.41) is 2.85. The van der Waals surface area contributed by atoms with Crippen molar-refractivity contribution in [1.29, 1.82) is 0 Å². The Kier molecular flexibility index (Phi) is 4.82. The van der Waals surface area contributed by atoms with Crippen LogP contribution in [-0.4, -0.2) is 26.7 Å². The number of nitrogens with one attached hydrogen (secondary N) is 1. The Morgan fingerprint density at radius 2 is 2.44 bits per heavy atom. The van der Waals surface area contributed by atoms with Gasteiger partial charge in [0, 0.05) is 12.6 Å². The molecule has 0 aliphatic carbocycles. The van der Waals surface area contributed by atoms with Gasteiger partial charge in [0.2, 0.25) is 0 Å². The Morgan fingerprint density at radius 1 is 1.78 bits per heavy atom. The quantitative estimate of drug-likeness (QED) is 0.428. The maximum atomic E-state index is 10.3. The second kappa shape index (κ2) is 5.31. The average molecular weight is 129 g/mol.